The summed E-state index contributed by atoms with van der Waals surface area (Å²) in [4.78, 5) is 34.1. The fraction of sp³-hybridized carbons (Fsp3) is 0.318. The van der Waals surface area contributed by atoms with Crippen molar-refractivity contribution in [2.75, 3.05) is 18.5 Å². The van der Waals surface area contributed by atoms with Crippen LogP contribution in [0.1, 0.15) is 45.8 Å². The van der Waals surface area contributed by atoms with Crippen LogP contribution in [0.2, 0.25) is 0 Å². The van der Waals surface area contributed by atoms with Crippen LogP contribution in [0.4, 0.5) is 5.69 Å². The SMILES string of the molecule is Cn1cc2c(n1)C(=O)CCCOCCCc1cc(ccn1)-c1cncc(c1)C(=O)N2. The van der Waals surface area contributed by atoms with Crippen LogP contribution >= 0.6 is 0 Å². The van der Waals surface area contributed by atoms with Gasteiger partial charge in [-0.2, -0.15) is 5.10 Å². The van der Waals surface area contributed by atoms with Gasteiger partial charge in [0, 0.05) is 62.7 Å². The minimum atomic E-state index is -0.342. The Hall–Kier alpha value is -3.39. The van der Waals surface area contributed by atoms with Gasteiger partial charge in [0.1, 0.15) is 0 Å². The van der Waals surface area contributed by atoms with Gasteiger partial charge in [-0.05, 0) is 43.0 Å². The average Bonchev–Trinajstić information content (AvgIpc) is 3.12. The van der Waals surface area contributed by atoms with E-state index >= 15 is 0 Å². The molecule has 1 aliphatic heterocycles. The number of carbonyl (C=O) groups is 2. The fourth-order valence-electron chi connectivity index (χ4n) is 3.41. The quantitative estimate of drug-likeness (QED) is 0.617. The molecule has 4 heterocycles. The standard InChI is InChI=1S/C22H23N5O3/c1-27-14-19-21(26-27)20(28)5-3-9-30-8-2-4-18-11-15(6-7-24-18)16-10-17(13-23-12-16)22(29)25-19/h6-7,10-14H,2-5,8-9H2,1H3,(H,25,29). The molecule has 154 valence electrons. The number of aromatic nitrogens is 4. The maximum Gasteiger partial charge on any atom is 0.257 e. The number of carbonyl (C=O) groups excluding carboxylic acids is 2. The van der Waals surface area contributed by atoms with Crippen LogP contribution in [-0.4, -0.2) is 44.7 Å². The first-order valence-corrected chi connectivity index (χ1v) is 9.96. The third-order valence-corrected chi connectivity index (χ3v) is 4.91. The van der Waals surface area contributed by atoms with Gasteiger partial charge in [0.25, 0.3) is 5.91 Å². The summed E-state index contributed by atoms with van der Waals surface area (Å²) in [6, 6.07) is 5.69. The van der Waals surface area contributed by atoms with Gasteiger partial charge in [0.2, 0.25) is 0 Å². The second-order valence-corrected chi connectivity index (χ2v) is 7.26. The van der Waals surface area contributed by atoms with Crippen LogP contribution in [0.15, 0.2) is 43.0 Å². The van der Waals surface area contributed by atoms with Crippen LogP contribution in [-0.2, 0) is 18.2 Å². The minimum absolute atomic E-state index is 0.123. The first kappa shape index (κ1) is 19.9. The summed E-state index contributed by atoms with van der Waals surface area (Å²) in [7, 11) is 1.72. The Morgan fingerprint density at radius 1 is 1.03 bits per heavy atom. The number of nitrogens with one attached hydrogen (secondary N) is 1. The Kier molecular flexibility index (Phi) is 5.94. The van der Waals surface area contributed by atoms with Crippen molar-refractivity contribution in [3.8, 4) is 11.1 Å². The van der Waals surface area contributed by atoms with E-state index in [2.05, 4.69) is 20.4 Å². The normalized spacial score (nSPS) is 15.6. The third-order valence-electron chi connectivity index (χ3n) is 4.91. The van der Waals surface area contributed by atoms with Gasteiger partial charge >= 0.3 is 0 Å². The number of Topliss-reactive ketones (excluding diaryl/α,β-unsaturated/α-hetero) is 1. The molecular weight excluding hydrogens is 382 g/mol. The Labute approximate surface area is 174 Å². The molecule has 3 aromatic rings. The number of amides is 1. The summed E-state index contributed by atoms with van der Waals surface area (Å²) in [5.41, 5.74) is 3.79. The predicted octanol–water partition coefficient (Wildman–Crippen LogP) is 3.06. The summed E-state index contributed by atoms with van der Waals surface area (Å²) >= 11 is 0. The molecule has 1 aliphatic rings. The number of fused-ring (bicyclic) bond motifs is 6. The van der Waals surface area contributed by atoms with E-state index in [0.717, 1.165) is 29.7 Å². The van der Waals surface area contributed by atoms with Crippen molar-refractivity contribution < 1.29 is 14.3 Å². The van der Waals surface area contributed by atoms with Crippen molar-refractivity contribution in [3.05, 3.63) is 59.9 Å². The Balaban J connectivity index is 1.68. The zero-order chi connectivity index (χ0) is 20.9. The van der Waals surface area contributed by atoms with Crippen molar-refractivity contribution >= 4 is 17.4 Å². The second kappa shape index (κ2) is 8.96. The van der Waals surface area contributed by atoms with Gasteiger partial charge in [0.05, 0.1) is 11.3 Å². The van der Waals surface area contributed by atoms with E-state index in [4.69, 9.17) is 4.74 Å². The molecule has 0 fully saturated rings. The molecule has 0 saturated heterocycles. The van der Waals surface area contributed by atoms with E-state index in [1.807, 2.05) is 12.1 Å². The average molecular weight is 405 g/mol. The third kappa shape index (κ3) is 4.60. The van der Waals surface area contributed by atoms with Crippen molar-refractivity contribution in [1.82, 2.24) is 19.7 Å². The molecule has 1 amide bonds. The van der Waals surface area contributed by atoms with Crippen LogP contribution < -0.4 is 5.32 Å². The summed E-state index contributed by atoms with van der Waals surface area (Å²) in [5, 5.41) is 7.04. The van der Waals surface area contributed by atoms with Crippen LogP contribution in [0, 0.1) is 0 Å². The van der Waals surface area contributed by atoms with Gasteiger partial charge in [-0.15, -0.1) is 0 Å². The van der Waals surface area contributed by atoms with Crippen LogP contribution in [0.25, 0.3) is 11.1 Å². The van der Waals surface area contributed by atoms with E-state index in [1.165, 1.54) is 10.9 Å². The summed E-state index contributed by atoms with van der Waals surface area (Å²) < 4.78 is 7.18. The number of aryl methyl sites for hydroxylation is 2. The molecule has 0 radical (unpaired) electrons. The van der Waals surface area contributed by atoms with E-state index in [1.54, 1.807) is 31.7 Å². The molecule has 8 nitrogen and oxygen atoms in total. The molecule has 4 bridgehead atoms. The van der Waals surface area contributed by atoms with Gasteiger partial charge in [-0.1, -0.05) is 0 Å². The number of hydrogen-bond acceptors (Lipinski definition) is 6. The molecule has 0 aromatic carbocycles. The molecule has 4 rings (SSSR count). The van der Waals surface area contributed by atoms with Gasteiger partial charge in [-0.3, -0.25) is 24.2 Å². The number of anilines is 1. The van der Waals surface area contributed by atoms with E-state index in [-0.39, 0.29) is 17.4 Å². The predicted molar refractivity (Wildman–Crippen MR) is 111 cm³/mol. The highest BCUT2D eigenvalue weighted by molar-refractivity contribution is 6.08. The van der Waals surface area contributed by atoms with Crippen LogP contribution in [0.3, 0.4) is 0 Å². The minimum Gasteiger partial charge on any atom is -0.381 e. The molecule has 0 spiro atoms. The number of rotatable bonds is 0. The van der Waals surface area contributed by atoms with Crippen molar-refractivity contribution in [1.29, 1.82) is 0 Å². The Morgan fingerprint density at radius 3 is 2.70 bits per heavy atom. The molecule has 0 unspecified atom stereocenters. The smallest absolute Gasteiger partial charge is 0.257 e. The molecule has 0 atom stereocenters. The summed E-state index contributed by atoms with van der Waals surface area (Å²) in [6.45, 7) is 1.12. The molecular formula is C22H23N5O3. The lowest BCUT2D eigenvalue weighted by Crippen LogP contribution is -2.15. The fourth-order valence-corrected chi connectivity index (χ4v) is 3.41. The van der Waals surface area contributed by atoms with Crippen molar-refractivity contribution in [2.24, 2.45) is 7.05 Å². The zero-order valence-corrected chi connectivity index (χ0v) is 16.8. The lowest BCUT2D eigenvalue weighted by Gasteiger charge is -2.09. The number of hydrogen-bond donors (Lipinski definition) is 1. The van der Waals surface area contributed by atoms with Crippen molar-refractivity contribution in [3.63, 3.8) is 0 Å². The monoisotopic (exact) mass is 405 g/mol. The Bertz CT molecular complexity index is 1080. The van der Waals surface area contributed by atoms with E-state index in [0.29, 0.717) is 37.3 Å². The number of nitrogens with zero attached hydrogens (tertiary/aromatic N) is 4. The molecule has 1 N–H and O–H groups in total. The molecule has 30 heavy (non-hydrogen) atoms. The highest BCUT2D eigenvalue weighted by Gasteiger charge is 2.19. The maximum atomic E-state index is 12.8. The first-order chi connectivity index (χ1) is 14.6. The molecule has 0 aliphatic carbocycles. The first-order valence-electron chi connectivity index (χ1n) is 9.96. The summed E-state index contributed by atoms with van der Waals surface area (Å²) in [6.07, 6.45) is 9.16. The topological polar surface area (TPSA) is 99.0 Å². The van der Waals surface area contributed by atoms with E-state index in [9.17, 15) is 9.59 Å². The highest BCUT2D eigenvalue weighted by atomic mass is 16.5. The highest BCUT2D eigenvalue weighted by Crippen LogP contribution is 2.22. The maximum absolute atomic E-state index is 12.8. The Morgan fingerprint density at radius 2 is 1.83 bits per heavy atom. The molecule has 3 aromatic heterocycles. The lowest BCUT2D eigenvalue weighted by atomic mass is 10.0. The number of ketones is 1. The summed E-state index contributed by atoms with van der Waals surface area (Å²) in [5.74, 6) is -0.466. The zero-order valence-electron chi connectivity index (χ0n) is 16.8. The number of pyridine rings is 2. The van der Waals surface area contributed by atoms with Gasteiger partial charge in [-0.25, -0.2) is 0 Å². The van der Waals surface area contributed by atoms with Crippen molar-refractivity contribution in [2.45, 2.75) is 25.7 Å². The lowest BCUT2D eigenvalue weighted by molar-refractivity contribution is 0.0931. The number of ether oxygens (including phenoxy) is 1. The van der Waals surface area contributed by atoms with Crippen LogP contribution in [0.5, 0.6) is 0 Å². The van der Waals surface area contributed by atoms with Gasteiger partial charge < -0.3 is 10.1 Å². The second-order valence-electron chi connectivity index (χ2n) is 7.26. The molecule has 0 saturated carbocycles. The largest absolute Gasteiger partial charge is 0.381 e. The van der Waals surface area contributed by atoms with Gasteiger partial charge in [0.15, 0.2) is 11.5 Å². The van der Waals surface area contributed by atoms with E-state index < -0.39 is 0 Å². The molecule has 8 heteroatoms.